The Morgan fingerprint density at radius 1 is 1.12 bits per heavy atom. The van der Waals surface area contributed by atoms with E-state index in [1.807, 2.05) is 55.6 Å². The minimum absolute atomic E-state index is 0.132. The van der Waals surface area contributed by atoms with Gasteiger partial charge >= 0.3 is 0 Å². The maximum atomic E-state index is 12.9. The number of nitriles is 1. The maximum absolute atomic E-state index is 12.9. The molecule has 0 aliphatic heterocycles. The summed E-state index contributed by atoms with van der Waals surface area (Å²) in [7, 11) is 0. The van der Waals surface area contributed by atoms with Gasteiger partial charge in [-0.1, -0.05) is 41.9 Å². The second-order valence-corrected chi connectivity index (χ2v) is 7.75. The zero-order valence-corrected chi connectivity index (χ0v) is 18.3. The van der Waals surface area contributed by atoms with Gasteiger partial charge in [-0.05, 0) is 31.2 Å². The van der Waals surface area contributed by atoms with Crippen molar-refractivity contribution in [2.24, 2.45) is 0 Å². The molecule has 0 radical (unpaired) electrons. The number of anilines is 1. The standard InChI is InChI=1S/C24H21ClN6O/c1-17-14-22(30(28-17)13-5-12-26)27-23(32)15-19-16-31(21-6-3-2-4-7-21)29-24(19)18-8-10-20(25)11-9-18/h2-4,6-11,14,16H,5,13,15H2,1H3,(H,27,32). The Morgan fingerprint density at radius 3 is 2.59 bits per heavy atom. The third kappa shape index (κ3) is 4.88. The molecule has 0 aliphatic rings. The van der Waals surface area contributed by atoms with Crippen molar-refractivity contribution in [2.75, 3.05) is 5.32 Å². The molecule has 0 saturated carbocycles. The average Bonchev–Trinajstić information content (AvgIpc) is 3.36. The quantitative estimate of drug-likeness (QED) is 0.443. The van der Waals surface area contributed by atoms with Crippen LogP contribution in [0.3, 0.4) is 0 Å². The summed E-state index contributed by atoms with van der Waals surface area (Å²) < 4.78 is 3.41. The molecule has 160 valence electrons. The number of hydrogen-bond donors (Lipinski definition) is 1. The average molecular weight is 445 g/mol. The van der Waals surface area contributed by atoms with E-state index in [1.54, 1.807) is 27.6 Å². The van der Waals surface area contributed by atoms with Crippen LogP contribution in [0.25, 0.3) is 16.9 Å². The van der Waals surface area contributed by atoms with Crippen molar-refractivity contribution in [3.63, 3.8) is 0 Å². The van der Waals surface area contributed by atoms with Gasteiger partial charge in [0.05, 0.1) is 42.5 Å². The third-order valence-corrected chi connectivity index (χ3v) is 5.14. The van der Waals surface area contributed by atoms with Crippen molar-refractivity contribution in [2.45, 2.75) is 26.3 Å². The molecule has 4 aromatic rings. The van der Waals surface area contributed by atoms with Crippen LogP contribution in [0, 0.1) is 18.3 Å². The molecule has 0 unspecified atom stereocenters. The minimum atomic E-state index is -0.189. The van der Waals surface area contributed by atoms with Gasteiger partial charge in [-0.15, -0.1) is 0 Å². The Bertz CT molecular complexity index is 1270. The van der Waals surface area contributed by atoms with Gasteiger partial charge in [0.2, 0.25) is 5.91 Å². The zero-order valence-electron chi connectivity index (χ0n) is 17.5. The van der Waals surface area contributed by atoms with Crippen LogP contribution in [0.4, 0.5) is 5.82 Å². The van der Waals surface area contributed by atoms with Gasteiger partial charge in [-0.2, -0.15) is 15.5 Å². The molecule has 4 rings (SSSR count). The topological polar surface area (TPSA) is 88.5 Å². The second-order valence-electron chi connectivity index (χ2n) is 7.32. The Morgan fingerprint density at radius 2 is 1.88 bits per heavy atom. The summed E-state index contributed by atoms with van der Waals surface area (Å²) in [5.74, 6) is 0.386. The molecule has 0 atom stereocenters. The van der Waals surface area contributed by atoms with Crippen molar-refractivity contribution < 1.29 is 4.79 Å². The number of nitrogens with zero attached hydrogens (tertiary/aromatic N) is 5. The lowest BCUT2D eigenvalue weighted by molar-refractivity contribution is -0.115. The number of hydrogen-bond acceptors (Lipinski definition) is 4. The van der Waals surface area contributed by atoms with Crippen molar-refractivity contribution in [3.8, 4) is 23.0 Å². The van der Waals surface area contributed by atoms with E-state index in [9.17, 15) is 4.79 Å². The minimum Gasteiger partial charge on any atom is -0.311 e. The van der Waals surface area contributed by atoms with E-state index in [0.29, 0.717) is 23.8 Å². The van der Waals surface area contributed by atoms with Gasteiger partial charge in [-0.3, -0.25) is 4.79 Å². The van der Waals surface area contributed by atoms with Crippen LogP contribution in [-0.2, 0) is 17.8 Å². The normalized spacial score (nSPS) is 10.7. The lowest BCUT2D eigenvalue weighted by atomic mass is 10.1. The van der Waals surface area contributed by atoms with E-state index in [0.717, 1.165) is 28.2 Å². The third-order valence-electron chi connectivity index (χ3n) is 4.88. The van der Waals surface area contributed by atoms with Crippen molar-refractivity contribution in [3.05, 3.63) is 83.1 Å². The molecular formula is C24H21ClN6O. The number of carbonyl (C=O) groups excluding carboxylic acids is 1. The number of aryl methyl sites for hydroxylation is 2. The van der Waals surface area contributed by atoms with Crippen LogP contribution in [0.5, 0.6) is 0 Å². The van der Waals surface area contributed by atoms with Gasteiger partial charge in [0.1, 0.15) is 5.82 Å². The lowest BCUT2D eigenvalue weighted by Crippen LogP contribution is -2.17. The molecule has 0 saturated heterocycles. The van der Waals surface area contributed by atoms with Gasteiger partial charge < -0.3 is 5.32 Å². The van der Waals surface area contributed by atoms with Crippen LogP contribution in [-0.4, -0.2) is 25.5 Å². The molecule has 0 spiro atoms. The number of aromatic nitrogens is 4. The highest BCUT2D eigenvalue weighted by atomic mass is 35.5. The Hall–Kier alpha value is -3.89. The van der Waals surface area contributed by atoms with Crippen molar-refractivity contribution >= 4 is 23.3 Å². The number of benzene rings is 2. The summed E-state index contributed by atoms with van der Waals surface area (Å²) in [6.45, 7) is 2.27. The highest BCUT2D eigenvalue weighted by Gasteiger charge is 2.17. The molecule has 1 amide bonds. The molecule has 0 fully saturated rings. The molecule has 8 heteroatoms. The summed E-state index contributed by atoms with van der Waals surface area (Å²) in [6, 6.07) is 21.0. The Kier molecular flexibility index (Phi) is 6.34. The first kappa shape index (κ1) is 21.3. The number of amides is 1. The fourth-order valence-electron chi connectivity index (χ4n) is 3.44. The van der Waals surface area contributed by atoms with Crippen molar-refractivity contribution in [1.82, 2.24) is 19.6 Å². The summed E-state index contributed by atoms with van der Waals surface area (Å²) in [5.41, 5.74) is 4.06. The van der Waals surface area contributed by atoms with Crippen LogP contribution in [0.1, 0.15) is 17.7 Å². The lowest BCUT2D eigenvalue weighted by Gasteiger charge is -2.08. The Labute approximate surface area is 190 Å². The molecule has 0 aliphatic carbocycles. The monoisotopic (exact) mass is 444 g/mol. The number of halogens is 1. The number of nitrogens with one attached hydrogen (secondary N) is 1. The summed E-state index contributed by atoms with van der Waals surface area (Å²) in [4.78, 5) is 12.9. The van der Waals surface area contributed by atoms with Gasteiger partial charge in [0, 0.05) is 28.4 Å². The van der Waals surface area contributed by atoms with E-state index in [2.05, 4.69) is 16.5 Å². The molecule has 2 heterocycles. The van der Waals surface area contributed by atoms with E-state index < -0.39 is 0 Å². The molecule has 32 heavy (non-hydrogen) atoms. The van der Waals surface area contributed by atoms with Crippen LogP contribution < -0.4 is 5.32 Å². The fraction of sp³-hybridized carbons (Fsp3) is 0.167. The van der Waals surface area contributed by atoms with Gasteiger partial charge in [-0.25, -0.2) is 9.36 Å². The van der Waals surface area contributed by atoms with Crippen LogP contribution >= 0.6 is 11.6 Å². The van der Waals surface area contributed by atoms with E-state index in [-0.39, 0.29) is 12.3 Å². The number of para-hydroxylation sites is 1. The van der Waals surface area contributed by atoms with Crippen LogP contribution in [0.15, 0.2) is 66.9 Å². The zero-order chi connectivity index (χ0) is 22.5. The summed E-state index contributed by atoms with van der Waals surface area (Å²) in [6.07, 6.45) is 2.32. The summed E-state index contributed by atoms with van der Waals surface area (Å²) in [5, 5.41) is 21.5. The predicted octanol–water partition coefficient (Wildman–Crippen LogP) is 4.79. The SMILES string of the molecule is Cc1cc(NC(=O)Cc2cn(-c3ccccc3)nc2-c2ccc(Cl)cc2)n(CCC#N)n1. The van der Waals surface area contributed by atoms with E-state index in [4.69, 9.17) is 22.0 Å². The largest absolute Gasteiger partial charge is 0.311 e. The molecule has 2 aromatic heterocycles. The highest BCUT2D eigenvalue weighted by molar-refractivity contribution is 6.30. The van der Waals surface area contributed by atoms with E-state index in [1.165, 1.54) is 0 Å². The Balaban J connectivity index is 1.62. The number of rotatable bonds is 7. The van der Waals surface area contributed by atoms with Crippen molar-refractivity contribution in [1.29, 1.82) is 5.26 Å². The first-order valence-corrected chi connectivity index (χ1v) is 10.5. The summed E-state index contributed by atoms with van der Waals surface area (Å²) >= 11 is 6.05. The first-order chi connectivity index (χ1) is 15.5. The number of carbonyl (C=O) groups is 1. The maximum Gasteiger partial charge on any atom is 0.230 e. The highest BCUT2D eigenvalue weighted by Crippen LogP contribution is 2.26. The second kappa shape index (κ2) is 9.50. The molecule has 0 bridgehead atoms. The van der Waals surface area contributed by atoms with Gasteiger partial charge in [0.15, 0.2) is 0 Å². The predicted molar refractivity (Wildman–Crippen MR) is 124 cm³/mol. The smallest absolute Gasteiger partial charge is 0.230 e. The van der Waals surface area contributed by atoms with E-state index >= 15 is 0 Å². The first-order valence-electron chi connectivity index (χ1n) is 10.1. The molecule has 1 N–H and O–H groups in total. The molecule has 7 nitrogen and oxygen atoms in total. The fourth-order valence-corrected chi connectivity index (χ4v) is 3.56. The molecular weight excluding hydrogens is 424 g/mol. The molecule has 2 aromatic carbocycles. The van der Waals surface area contributed by atoms with Gasteiger partial charge in [0.25, 0.3) is 0 Å². The van der Waals surface area contributed by atoms with Crippen LogP contribution in [0.2, 0.25) is 5.02 Å².